The molecule has 3 heteroatoms. The van der Waals surface area contributed by atoms with Crippen LogP contribution in [0.4, 0.5) is 0 Å². The van der Waals surface area contributed by atoms with E-state index in [0.717, 1.165) is 18.8 Å². The van der Waals surface area contributed by atoms with Gasteiger partial charge < -0.3 is 10.1 Å². The van der Waals surface area contributed by atoms with Crippen LogP contribution in [0.3, 0.4) is 0 Å². The van der Waals surface area contributed by atoms with E-state index in [2.05, 4.69) is 24.4 Å². The van der Waals surface area contributed by atoms with Crippen molar-refractivity contribution < 1.29 is 4.74 Å². The Morgan fingerprint density at radius 2 is 2.06 bits per heavy atom. The van der Waals surface area contributed by atoms with Gasteiger partial charge in [-0.3, -0.25) is 0 Å². The topological polar surface area (TPSA) is 21.3 Å². The highest BCUT2D eigenvalue weighted by Gasteiger charge is 2.32. The molecule has 2 rings (SSSR count). The second-order valence-electron chi connectivity index (χ2n) is 4.73. The van der Waals surface area contributed by atoms with E-state index in [1.165, 1.54) is 24.8 Å². The molecular weight excluding hydrogens is 234 g/mol. The molecule has 0 saturated carbocycles. The largest absolute Gasteiger partial charge is 0.495 e. The number of hydrogen-bond donors (Lipinski definition) is 1. The Morgan fingerprint density at radius 3 is 2.65 bits per heavy atom. The van der Waals surface area contributed by atoms with Crippen LogP contribution in [0.15, 0.2) is 18.2 Å². The van der Waals surface area contributed by atoms with E-state index >= 15 is 0 Å². The van der Waals surface area contributed by atoms with Gasteiger partial charge in [-0.05, 0) is 55.5 Å². The molecule has 17 heavy (non-hydrogen) atoms. The molecule has 0 radical (unpaired) electrons. The van der Waals surface area contributed by atoms with Gasteiger partial charge in [0.25, 0.3) is 0 Å². The number of halogens is 1. The first-order valence-corrected chi connectivity index (χ1v) is 6.64. The Labute approximate surface area is 108 Å². The number of nitrogens with one attached hydrogen (secondary N) is 1. The molecule has 0 spiro atoms. The standard InChI is InChI=1S/C14H20ClNO/c1-3-14(6-8-16-9-7-14)11-4-5-12(15)13(10-11)17-2/h4-5,10,16H,3,6-9H2,1-2H3. The number of piperidine rings is 1. The Morgan fingerprint density at radius 1 is 1.35 bits per heavy atom. The maximum atomic E-state index is 6.09. The average molecular weight is 254 g/mol. The fourth-order valence-corrected chi connectivity index (χ4v) is 2.94. The predicted molar refractivity (Wildman–Crippen MR) is 72.1 cm³/mol. The molecule has 1 fully saturated rings. The minimum absolute atomic E-state index is 0.295. The fraction of sp³-hybridized carbons (Fsp3) is 0.571. The number of rotatable bonds is 3. The van der Waals surface area contributed by atoms with Crippen molar-refractivity contribution in [1.82, 2.24) is 5.32 Å². The van der Waals surface area contributed by atoms with Gasteiger partial charge in [-0.2, -0.15) is 0 Å². The van der Waals surface area contributed by atoms with Crippen LogP contribution in [0.5, 0.6) is 5.75 Å². The van der Waals surface area contributed by atoms with Crippen LogP contribution in [0.1, 0.15) is 31.7 Å². The van der Waals surface area contributed by atoms with E-state index in [4.69, 9.17) is 16.3 Å². The summed E-state index contributed by atoms with van der Waals surface area (Å²) < 4.78 is 5.32. The predicted octanol–water partition coefficient (Wildman–Crippen LogP) is 3.38. The maximum Gasteiger partial charge on any atom is 0.137 e. The lowest BCUT2D eigenvalue weighted by Crippen LogP contribution is -2.39. The zero-order chi connectivity index (χ0) is 12.3. The van der Waals surface area contributed by atoms with E-state index in [1.54, 1.807) is 7.11 Å². The zero-order valence-electron chi connectivity index (χ0n) is 10.6. The maximum absolute atomic E-state index is 6.09. The number of benzene rings is 1. The molecule has 1 N–H and O–H groups in total. The molecular formula is C14H20ClNO. The summed E-state index contributed by atoms with van der Waals surface area (Å²) >= 11 is 6.09. The van der Waals surface area contributed by atoms with Gasteiger partial charge in [0.15, 0.2) is 0 Å². The summed E-state index contributed by atoms with van der Waals surface area (Å²) in [6.07, 6.45) is 3.54. The molecule has 0 bridgehead atoms. The quantitative estimate of drug-likeness (QED) is 0.892. The molecule has 1 aliphatic rings. The van der Waals surface area contributed by atoms with Gasteiger partial charge in [0.1, 0.15) is 5.75 Å². The van der Waals surface area contributed by atoms with Crippen LogP contribution in [0, 0.1) is 0 Å². The van der Waals surface area contributed by atoms with Crippen molar-refractivity contribution in [2.24, 2.45) is 0 Å². The van der Waals surface area contributed by atoms with Gasteiger partial charge in [-0.1, -0.05) is 24.6 Å². The molecule has 0 unspecified atom stereocenters. The van der Waals surface area contributed by atoms with Crippen LogP contribution in [-0.4, -0.2) is 20.2 Å². The summed E-state index contributed by atoms with van der Waals surface area (Å²) in [5.41, 5.74) is 1.66. The van der Waals surface area contributed by atoms with Gasteiger partial charge in [0, 0.05) is 0 Å². The summed E-state index contributed by atoms with van der Waals surface area (Å²) in [6, 6.07) is 6.21. The number of hydrogen-bond acceptors (Lipinski definition) is 2. The van der Waals surface area contributed by atoms with E-state index in [0.29, 0.717) is 10.4 Å². The molecule has 1 heterocycles. The van der Waals surface area contributed by atoms with Crippen LogP contribution in [-0.2, 0) is 5.41 Å². The molecule has 0 aliphatic carbocycles. The van der Waals surface area contributed by atoms with E-state index in [9.17, 15) is 0 Å². The lowest BCUT2D eigenvalue weighted by atomic mass is 9.71. The first-order valence-electron chi connectivity index (χ1n) is 6.26. The van der Waals surface area contributed by atoms with Crippen molar-refractivity contribution in [2.75, 3.05) is 20.2 Å². The summed E-state index contributed by atoms with van der Waals surface area (Å²) in [7, 11) is 1.67. The van der Waals surface area contributed by atoms with Gasteiger partial charge in [-0.25, -0.2) is 0 Å². The highest BCUT2D eigenvalue weighted by Crippen LogP contribution is 2.39. The molecule has 1 aromatic rings. The fourth-order valence-electron chi connectivity index (χ4n) is 2.74. The Balaban J connectivity index is 2.36. The second kappa shape index (κ2) is 5.28. The lowest BCUT2D eigenvalue weighted by molar-refractivity contribution is 0.296. The molecule has 2 nitrogen and oxygen atoms in total. The van der Waals surface area contributed by atoms with Crippen LogP contribution in [0.2, 0.25) is 5.02 Å². The van der Waals surface area contributed by atoms with Crippen LogP contribution >= 0.6 is 11.6 Å². The summed E-state index contributed by atoms with van der Waals surface area (Å²) in [4.78, 5) is 0. The summed E-state index contributed by atoms with van der Waals surface area (Å²) in [6.45, 7) is 4.46. The third-order valence-corrected chi connectivity index (χ3v) is 4.31. The van der Waals surface area contributed by atoms with Crippen molar-refractivity contribution >= 4 is 11.6 Å². The molecule has 1 aliphatic heterocycles. The van der Waals surface area contributed by atoms with E-state index in [1.807, 2.05) is 6.07 Å². The third-order valence-electron chi connectivity index (χ3n) is 4.00. The van der Waals surface area contributed by atoms with Crippen molar-refractivity contribution in [2.45, 2.75) is 31.6 Å². The minimum atomic E-state index is 0.295. The molecule has 0 amide bonds. The Kier molecular flexibility index (Phi) is 3.95. The van der Waals surface area contributed by atoms with E-state index < -0.39 is 0 Å². The van der Waals surface area contributed by atoms with Gasteiger partial charge in [-0.15, -0.1) is 0 Å². The Hall–Kier alpha value is -0.730. The van der Waals surface area contributed by atoms with Gasteiger partial charge in [0.2, 0.25) is 0 Å². The monoisotopic (exact) mass is 253 g/mol. The SMILES string of the molecule is CCC1(c2ccc(Cl)c(OC)c2)CCNCC1. The van der Waals surface area contributed by atoms with Crippen molar-refractivity contribution in [3.8, 4) is 5.75 Å². The molecule has 0 aromatic heterocycles. The first-order chi connectivity index (χ1) is 8.22. The van der Waals surface area contributed by atoms with Crippen molar-refractivity contribution in [1.29, 1.82) is 0 Å². The van der Waals surface area contributed by atoms with Crippen LogP contribution < -0.4 is 10.1 Å². The van der Waals surface area contributed by atoms with Gasteiger partial charge in [0.05, 0.1) is 12.1 Å². The molecule has 94 valence electrons. The molecule has 0 atom stereocenters. The van der Waals surface area contributed by atoms with Crippen molar-refractivity contribution in [3.63, 3.8) is 0 Å². The Bertz CT molecular complexity index is 386. The second-order valence-corrected chi connectivity index (χ2v) is 5.14. The van der Waals surface area contributed by atoms with E-state index in [-0.39, 0.29) is 0 Å². The van der Waals surface area contributed by atoms with Crippen molar-refractivity contribution in [3.05, 3.63) is 28.8 Å². The summed E-state index contributed by atoms with van der Waals surface area (Å²) in [5.74, 6) is 0.788. The average Bonchev–Trinajstić information content (AvgIpc) is 2.40. The summed E-state index contributed by atoms with van der Waals surface area (Å²) in [5, 5.41) is 4.12. The van der Waals surface area contributed by atoms with Crippen LogP contribution in [0.25, 0.3) is 0 Å². The molecule has 1 saturated heterocycles. The number of ether oxygens (including phenoxy) is 1. The highest BCUT2D eigenvalue weighted by molar-refractivity contribution is 6.32. The highest BCUT2D eigenvalue weighted by atomic mass is 35.5. The molecule has 1 aromatic carbocycles. The smallest absolute Gasteiger partial charge is 0.137 e. The lowest BCUT2D eigenvalue weighted by Gasteiger charge is -2.37. The normalized spacial score (nSPS) is 19.0. The third kappa shape index (κ3) is 2.43. The van der Waals surface area contributed by atoms with Gasteiger partial charge >= 0.3 is 0 Å². The minimum Gasteiger partial charge on any atom is -0.495 e. The first kappa shape index (κ1) is 12.7. The number of methoxy groups -OCH3 is 1. The zero-order valence-corrected chi connectivity index (χ0v) is 11.3.